The highest BCUT2D eigenvalue weighted by Crippen LogP contribution is 2.31. The lowest BCUT2D eigenvalue weighted by molar-refractivity contribution is 0.0500. The first-order valence-electron chi connectivity index (χ1n) is 10.4. The third-order valence-electron chi connectivity index (χ3n) is 5.56. The Balaban J connectivity index is 1.60. The Bertz CT molecular complexity index is 1170. The molecule has 2 heterocycles. The van der Waals surface area contributed by atoms with Crippen LogP contribution in [-0.4, -0.2) is 40.0 Å². The van der Waals surface area contributed by atoms with Gasteiger partial charge in [-0.2, -0.15) is 0 Å². The maximum atomic E-state index is 12.3. The fraction of sp³-hybridized carbons (Fsp3) is 0.292. The van der Waals surface area contributed by atoms with Crippen LogP contribution in [0.25, 0.3) is 16.6 Å². The van der Waals surface area contributed by atoms with Crippen LogP contribution in [-0.2, 0) is 4.74 Å². The van der Waals surface area contributed by atoms with Crippen molar-refractivity contribution in [3.05, 3.63) is 64.7 Å². The summed E-state index contributed by atoms with van der Waals surface area (Å²) in [5.41, 5.74) is 5.36. The van der Waals surface area contributed by atoms with Crippen LogP contribution in [0.1, 0.15) is 47.1 Å². The number of unbranched alkanes of at least 4 members (excludes halogenated alkanes) is 1. The highest BCUT2D eigenvalue weighted by Gasteiger charge is 2.31. The monoisotopic (exact) mass is 418 g/mol. The van der Waals surface area contributed by atoms with E-state index in [0.717, 1.165) is 35.0 Å². The zero-order valence-corrected chi connectivity index (χ0v) is 18.0. The van der Waals surface area contributed by atoms with E-state index < -0.39 is 0 Å². The first-order valence-corrected chi connectivity index (χ1v) is 10.4. The standard InChI is InChI=1S/C24H26N4O3/c1-4-5-9-31-24(30)16-7-6-8-17(12-16)28-13-20(29)21(22(28)25)23-26-18-10-14(2)15(3)11-19(18)27-23/h6-8,10-12,25,29H,4-5,9,13H2,1-3H3,(H,26,27). The Morgan fingerprint density at radius 3 is 2.81 bits per heavy atom. The second-order valence-corrected chi connectivity index (χ2v) is 7.84. The van der Waals surface area contributed by atoms with Crippen LogP contribution in [0.5, 0.6) is 0 Å². The zero-order valence-electron chi connectivity index (χ0n) is 18.0. The highest BCUT2D eigenvalue weighted by molar-refractivity contribution is 6.30. The van der Waals surface area contributed by atoms with E-state index in [1.807, 2.05) is 32.9 Å². The second-order valence-electron chi connectivity index (χ2n) is 7.84. The van der Waals surface area contributed by atoms with E-state index in [1.165, 1.54) is 0 Å². The summed E-state index contributed by atoms with van der Waals surface area (Å²) in [4.78, 5) is 21.8. The molecule has 0 saturated heterocycles. The Labute approximate surface area is 180 Å². The molecule has 0 fully saturated rings. The first kappa shape index (κ1) is 20.7. The molecule has 7 heteroatoms. The van der Waals surface area contributed by atoms with E-state index in [0.29, 0.717) is 29.3 Å². The van der Waals surface area contributed by atoms with Crippen LogP contribution in [0.3, 0.4) is 0 Å². The molecule has 3 N–H and O–H groups in total. The highest BCUT2D eigenvalue weighted by atomic mass is 16.5. The van der Waals surface area contributed by atoms with Gasteiger partial charge in [-0.1, -0.05) is 19.4 Å². The number of nitrogens with zero attached hydrogens (tertiary/aromatic N) is 2. The van der Waals surface area contributed by atoms with Crippen molar-refractivity contribution < 1.29 is 14.6 Å². The van der Waals surface area contributed by atoms with Gasteiger partial charge in [0.2, 0.25) is 0 Å². The summed E-state index contributed by atoms with van der Waals surface area (Å²) >= 11 is 0. The number of amidine groups is 1. The van der Waals surface area contributed by atoms with Gasteiger partial charge < -0.3 is 19.7 Å². The number of carbonyl (C=O) groups is 1. The normalized spacial score (nSPS) is 14.0. The molecule has 4 rings (SSSR count). The minimum atomic E-state index is -0.388. The summed E-state index contributed by atoms with van der Waals surface area (Å²) in [6.07, 6.45) is 1.77. The number of imidazole rings is 1. The maximum Gasteiger partial charge on any atom is 0.338 e. The van der Waals surface area contributed by atoms with Crippen molar-refractivity contribution in [3.8, 4) is 0 Å². The van der Waals surface area contributed by atoms with E-state index in [9.17, 15) is 9.90 Å². The maximum absolute atomic E-state index is 12.3. The number of rotatable bonds is 6. The van der Waals surface area contributed by atoms with Gasteiger partial charge in [0.05, 0.1) is 35.3 Å². The molecule has 7 nitrogen and oxygen atoms in total. The number of ether oxygens (including phenoxy) is 1. The van der Waals surface area contributed by atoms with Crippen molar-refractivity contribution in [3.63, 3.8) is 0 Å². The molecule has 0 unspecified atom stereocenters. The molecule has 0 aliphatic carbocycles. The molecule has 0 radical (unpaired) electrons. The van der Waals surface area contributed by atoms with Crippen LogP contribution >= 0.6 is 0 Å². The van der Waals surface area contributed by atoms with E-state index in [-0.39, 0.29) is 24.1 Å². The summed E-state index contributed by atoms with van der Waals surface area (Å²) < 4.78 is 5.29. The van der Waals surface area contributed by atoms with Crippen molar-refractivity contribution in [2.45, 2.75) is 33.6 Å². The number of aromatic amines is 1. The van der Waals surface area contributed by atoms with Crippen LogP contribution in [0.4, 0.5) is 5.69 Å². The van der Waals surface area contributed by atoms with Crippen molar-refractivity contribution in [2.24, 2.45) is 0 Å². The van der Waals surface area contributed by atoms with Gasteiger partial charge in [-0.3, -0.25) is 5.41 Å². The summed E-state index contributed by atoms with van der Waals surface area (Å²) in [5.74, 6) is 0.261. The second kappa shape index (κ2) is 8.26. The van der Waals surface area contributed by atoms with Gasteiger partial charge in [-0.05, 0) is 61.7 Å². The largest absolute Gasteiger partial charge is 0.509 e. The molecule has 0 amide bonds. The minimum Gasteiger partial charge on any atom is -0.509 e. The van der Waals surface area contributed by atoms with Crippen molar-refractivity contribution >= 4 is 34.1 Å². The molecule has 0 atom stereocenters. The van der Waals surface area contributed by atoms with Gasteiger partial charge in [0.1, 0.15) is 17.4 Å². The topological polar surface area (TPSA) is 102 Å². The number of aliphatic hydroxyl groups is 1. The number of nitrogens with one attached hydrogen (secondary N) is 2. The SMILES string of the molecule is CCCCOC(=O)c1cccc(N2CC(O)=C(c3nc4cc(C)c(C)cc4[nH]3)C2=N)c1. The molecule has 1 aliphatic rings. The summed E-state index contributed by atoms with van der Waals surface area (Å²) in [7, 11) is 0. The summed E-state index contributed by atoms with van der Waals surface area (Å²) in [6.45, 7) is 6.62. The molecule has 0 spiro atoms. The number of aryl methyl sites for hydroxylation is 2. The molecule has 1 aliphatic heterocycles. The number of esters is 1. The molecule has 1 aromatic heterocycles. The lowest BCUT2D eigenvalue weighted by Crippen LogP contribution is -2.26. The Morgan fingerprint density at radius 1 is 1.26 bits per heavy atom. The van der Waals surface area contributed by atoms with Crippen LogP contribution in [0.2, 0.25) is 0 Å². The number of aliphatic hydroxyl groups excluding tert-OH is 1. The minimum absolute atomic E-state index is 0.0634. The van der Waals surface area contributed by atoms with E-state index in [1.54, 1.807) is 29.2 Å². The van der Waals surface area contributed by atoms with Crippen LogP contribution in [0, 0.1) is 19.3 Å². The summed E-state index contributed by atoms with van der Waals surface area (Å²) in [6, 6.07) is 10.9. The zero-order chi connectivity index (χ0) is 22.1. The number of benzene rings is 2. The van der Waals surface area contributed by atoms with E-state index in [2.05, 4.69) is 9.97 Å². The number of H-pyrrole nitrogens is 1. The van der Waals surface area contributed by atoms with Crippen LogP contribution in [0.15, 0.2) is 42.2 Å². The summed E-state index contributed by atoms with van der Waals surface area (Å²) in [5, 5.41) is 19.3. The van der Waals surface area contributed by atoms with Gasteiger partial charge >= 0.3 is 5.97 Å². The predicted molar refractivity (Wildman–Crippen MR) is 122 cm³/mol. The molecule has 0 bridgehead atoms. The van der Waals surface area contributed by atoms with Gasteiger partial charge in [-0.25, -0.2) is 9.78 Å². The van der Waals surface area contributed by atoms with E-state index in [4.69, 9.17) is 10.1 Å². The Hall–Kier alpha value is -3.61. The van der Waals surface area contributed by atoms with Gasteiger partial charge in [-0.15, -0.1) is 0 Å². The molecular formula is C24H26N4O3. The number of hydrogen-bond acceptors (Lipinski definition) is 5. The lowest BCUT2D eigenvalue weighted by Gasteiger charge is -2.19. The molecule has 2 aromatic carbocycles. The number of fused-ring (bicyclic) bond motifs is 1. The lowest BCUT2D eigenvalue weighted by atomic mass is 10.1. The average Bonchev–Trinajstić information content (AvgIpc) is 3.27. The number of hydrogen-bond donors (Lipinski definition) is 3. The molecule has 160 valence electrons. The predicted octanol–water partition coefficient (Wildman–Crippen LogP) is 4.90. The number of anilines is 1. The first-order chi connectivity index (χ1) is 14.9. The van der Waals surface area contributed by atoms with Gasteiger partial charge in [0, 0.05) is 5.69 Å². The Morgan fingerprint density at radius 2 is 2.03 bits per heavy atom. The van der Waals surface area contributed by atoms with Gasteiger partial charge in [0.15, 0.2) is 0 Å². The quantitative estimate of drug-likeness (QED) is 0.390. The molecular weight excluding hydrogens is 392 g/mol. The van der Waals surface area contributed by atoms with Gasteiger partial charge in [0.25, 0.3) is 0 Å². The van der Waals surface area contributed by atoms with E-state index >= 15 is 0 Å². The third kappa shape index (κ3) is 3.91. The number of carbonyl (C=O) groups excluding carboxylic acids is 1. The fourth-order valence-corrected chi connectivity index (χ4v) is 3.63. The van der Waals surface area contributed by atoms with Crippen molar-refractivity contribution in [1.82, 2.24) is 9.97 Å². The molecule has 31 heavy (non-hydrogen) atoms. The Kier molecular flexibility index (Phi) is 5.50. The number of aromatic nitrogens is 2. The van der Waals surface area contributed by atoms with Crippen LogP contribution < -0.4 is 4.90 Å². The smallest absolute Gasteiger partial charge is 0.338 e. The van der Waals surface area contributed by atoms with Crippen molar-refractivity contribution in [2.75, 3.05) is 18.1 Å². The third-order valence-corrected chi connectivity index (χ3v) is 5.56. The molecule has 3 aromatic rings. The molecule has 0 saturated carbocycles. The average molecular weight is 418 g/mol. The fourth-order valence-electron chi connectivity index (χ4n) is 3.63. The van der Waals surface area contributed by atoms with Crippen molar-refractivity contribution in [1.29, 1.82) is 5.41 Å².